The number of carbonyl (C=O) groups excluding carboxylic acids is 3. The summed E-state index contributed by atoms with van der Waals surface area (Å²) in [4.78, 5) is 39.3. The normalized spacial score (nSPS) is 15.2. The van der Waals surface area contributed by atoms with E-state index in [0.29, 0.717) is 6.42 Å². The lowest BCUT2D eigenvalue weighted by atomic mass is 9.95. The van der Waals surface area contributed by atoms with E-state index < -0.39 is 18.0 Å². The van der Waals surface area contributed by atoms with Gasteiger partial charge in [0.25, 0.3) is 0 Å². The van der Waals surface area contributed by atoms with E-state index in [9.17, 15) is 14.4 Å². The Morgan fingerprint density at radius 3 is 2.00 bits per heavy atom. The van der Waals surface area contributed by atoms with Gasteiger partial charge >= 0.3 is 0 Å². The molecule has 6 nitrogen and oxygen atoms in total. The average Bonchev–Trinajstić information content (AvgIpc) is 2.48. The van der Waals surface area contributed by atoms with Gasteiger partial charge in [-0.2, -0.15) is 0 Å². The molecule has 0 heterocycles. The lowest BCUT2D eigenvalue weighted by molar-refractivity contribution is -0.148. The Labute approximate surface area is 146 Å². The molecule has 3 atom stereocenters. The van der Waals surface area contributed by atoms with E-state index in [1.807, 2.05) is 39.8 Å². The van der Waals surface area contributed by atoms with Gasteiger partial charge in [0.1, 0.15) is 12.1 Å². The van der Waals surface area contributed by atoms with Gasteiger partial charge in [0.15, 0.2) is 0 Å². The van der Waals surface area contributed by atoms with Crippen LogP contribution in [0.15, 0.2) is 12.2 Å². The maximum atomic E-state index is 12.9. The van der Waals surface area contributed by atoms with Crippen LogP contribution in [0.5, 0.6) is 0 Å². The Balaban J connectivity index is 5.31. The fourth-order valence-electron chi connectivity index (χ4n) is 2.77. The van der Waals surface area contributed by atoms with Crippen LogP contribution in [0.1, 0.15) is 47.5 Å². The fourth-order valence-corrected chi connectivity index (χ4v) is 2.77. The largest absolute Gasteiger partial charge is 0.368 e. The van der Waals surface area contributed by atoms with Crippen molar-refractivity contribution in [3.63, 3.8) is 0 Å². The number of nitrogens with zero attached hydrogens (tertiary/aromatic N) is 2. The Hall–Kier alpha value is -1.85. The minimum atomic E-state index is -0.681. The quantitative estimate of drug-likeness (QED) is 0.650. The van der Waals surface area contributed by atoms with Crippen LogP contribution in [-0.4, -0.2) is 53.7 Å². The Morgan fingerprint density at radius 2 is 1.62 bits per heavy atom. The monoisotopic (exact) mass is 339 g/mol. The third kappa shape index (κ3) is 6.34. The molecule has 0 aromatic heterocycles. The van der Waals surface area contributed by atoms with Crippen molar-refractivity contribution in [2.24, 2.45) is 17.6 Å². The lowest BCUT2D eigenvalue weighted by Crippen LogP contribution is -2.55. The van der Waals surface area contributed by atoms with Crippen molar-refractivity contribution < 1.29 is 14.4 Å². The molecule has 1 unspecified atom stereocenters. The van der Waals surface area contributed by atoms with Gasteiger partial charge in [-0.25, -0.2) is 0 Å². The maximum absolute atomic E-state index is 12.9. The number of hydrogen-bond donors (Lipinski definition) is 1. The number of nitrogens with two attached hydrogens (primary N) is 1. The molecule has 0 aromatic carbocycles. The molecule has 0 aliphatic rings. The summed E-state index contributed by atoms with van der Waals surface area (Å²) >= 11 is 0. The zero-order valence-electron chi connectivity index (χ0n) is 16.1. The standard InChI is InChI=1S/C18H33N3O3/c1-8-9-10-13(4)11-15(17(19)23)21(7)18(24)16(12(2)3)20(6)14(5)22/h8-9,12-13,15-16H,10-11H2,1-7H3,(H2,19,23)/b9-8+/t13-,15?,16+/m1/s1. The summed E-state index contributed by atoms with van der Waals surface area (Å²) in [5.41, 5.74) is 5.53. The first-order valence-corrected chi connectivity index (χ1v) is 8.45. The van der Waals surface area contributed by atoms with Gasteiger partial charge in [-0.3, -0.25) is 14.4 Å². The summed E-state index contributed by atoms with van der Waals surface area (Å²) < 4.78 is 0. The number of hydrogen-bond acceptors (Lipinski definition) is 3. The predicted octanol–water partition coefficient (Wildman–Crippen LogP) is 1.79. The molecule has 0 aliphatic heterocycles. The van der Waals surface area contributed by atoms with Crippen LogP contribution in [0.3, 0.4) is 0 Å². The SMILES string of the molecule is C/C=C/C[C@@H](C)CC(C(N)=O)N(C)C(=O)[C@H](C(C)C)N(C)C(C)=O. The van der Waals surface area contributed by atoms with E-state index in [2.05, 4.69) is 0 Å². The molecule has 0 aliphatic carbocycles. The summed E-state index contributed by atoms with van der Waals surface area (Å²) in [6.07, 6.45) is 5.31. The molecular formula is C18H33N3O3. The van der Waals surface area contributed by atoms with Crippen LogP contribution >= 0.6 is 0 Å². The van der Waals surface area contributed by atoms with Gasteiger partial charge in [0.2, 0.25) is 17.7 Å². The van der Waals surface area contributed by atoms with Gasteiger partial charge in [-0.15, -0.1) is 0 Å². The molecule has 0 saturated heterocycles. The summed E-state index contributed by atoms with van der Waals surface area (Å²) in [7, 11) is 3.19. The molecule has 0 aromatic rings. The third-order valence-electron chi connectivity index (χ3n) is 4.34. The van der Waals surface area contributed by atoms with Crippen molar-refractivity contribution in [3.8, 4) is 0 Å². The van der Waals surface area contributed by atoms with Crippen LogP contribution in [0.4, 0.5) is 0 Å². The minimum absolute atomic E-state index is 0.0668. The maximum Gasteiger partial charge on any atom is 0.246 e. The lowest BCUT2D eigenvalue weighted by Gasteiger charge is -2.36. The van der Waals surface area contributed by atoms with E-state index in [1.165, 1.54) is 16.7 Å². The highest BCUT2D eigenvalue weighted by Crippen LogP contribution is 2.19. The van der Waals surface area contributed by atoms with Crippen molar-refractivity contribution in [1.82, 2.24) is 9.80 Å². The highest BCUT2D eigenvalue weighted by molar-refractivity contribution is 5.91. The molecule has 0 rings (SSSR count). The van der Waals surface area contributed by atoms with Crippen LogP contribution in [0.25, 0.3) is 0 Å². The van der Waals surface area contributed by atoms with Crippen LogP contribution in [-0.2, 0) is 14.4 Å². The molecule has 0 bridgehead atoms. The Morgan fingerprint density at radius 1 is 1.08 bits per heavy atom. The van der Waals surface area contributed by atoms with Gasteiger partial charge in [0.05, 0.1) is 0 Å². The van der Waals surface area contributed by atoms with Crippen molar-refractivity contribution in [3.05, 3.63) is 12.2 Å². The molecule has 0 spiro atoms. The average molecular weight is 339 g/mol. The second kappa shape index (κ2) is 10.1. The first-order valence-electron chi connectivity index (χ1n) is 8.45. The van der Waals surface area contributed by atoms with E-state index in [-0.39, 0.29) is 23.7 Å². The molecule has 0 radical (unpaired) electrons. The number of allylic oxidation sites excluding steroid dienone is 2. The van der Waals surface area contributed by atoms with E-state index >= 15 is 0 Å². The number of rotatable bonds is 9. The number of amides is 3. The number of likely N-dealkylation sites (N-methyl/N-ethyl adjacent to an activating group) is 2. The first-order chi connectivity index (χ1) is 11.0. The van der Waals surface area contributed by atoms with Crippen LogP contribution in [0, 0.1) is 11.8 Å². The second-order valence-corrected chi connectivity index (χ2v) is 6.83. The molecule has 3 amide bonds. The molecule has 0 fully saturated rings. The Bertz CT molecular complexity index is 474. The molecule has 24 heavy (non-hydrogen) atoms. The molecule has 0 saturated carbocycles. The van der Waals surface area contributed by atoms with Crippen molar-refractivity contribution in [2.45, 2.75) is 59.5 Å². The van der Waals surface area contributed by atoms with E-state index in [1.54, 1.807) is 14.1 Å². The van der Waals surface area contributed by atoms with Crippen molar-refractivity contribution in [1.29, 1.82) is 0 Å². The van der Waals surface area contributed by atoms with E-state index in [4.69, 9.17) is 5.73 Å². The van der Waals surface area contributed by atoms with Crippen molar-refractivity contribution in [2.75, 3.05) is 14.1 Å². The first kappa shape index (κ1) is 22.1. The zero-order chi connectivity index (χ0) is 19.0. The summed E-state index contributed by atoms with van der Waals surface area (Å²) in [5, 5.41) is 0. The highest BCUT2D eigenvalue weighted by atomic mass is 16.2. The van der Waals surface area contributed by atoms with Crippen LogP contribution < -0.4 is 5.73 Å². The minimum Gasteiger partial charge on any atom is -0.368 e. The van der Waals surface area contributed by atoms with Gasteiger partial charge < -0.3 is 15.5 Å². The predicted molar refractivity (Wildman–Crippen MR) is 96.0 cm³/mol. The highest BCUT2D eigenvalue weighted by Gasteiger charge is 2.35. The van der Waals surface area contributed by atoms with Gasteiger partial charge in [0, 0.05) is 21.0 Å². The van der Waals surface area contributed by atoms with Crippen molar-refractivity contribution >= 4 is 17.7 Å². The summed E-state index contributed by atoms with van der Waals surface area (Å²) in [6.45, 7) is 9.15. The fraction of sp³-hybridized carbons (Fsp3) is 0.722. The number of primary amides is 1. The van der Waals surface area contributed by atoms with Gasteiger partial charge in [-0.05, 0) is 31.6 Å². The molecule has 138 valence electrons. The number of carbonyl (C=O) groups is 3. The van der Waals surface area contributed by atoms with E-state index in [0.717, 1.165) is 6.42 Å². The topological polar surface area (TPSA) is 83.7 Å². The molecule has 2 N–H and O–H groups in total. The second-order valence-electron chi connectivity index (χ2n) is 6.83. The third-order valence-corrected chi connectivity index (χ3v) is 4.34. The smallest absolute Gasteiger partial charge is 0.246 e. The molecule has 6 heteroatoms. The van der Waals surface area contributed by atoms with Gasteiger partial charge in [-0.1, -0.05) is 32.9 Å². The Kier molecular flexibility index (Phi) is 9.33. The molecular weight excluding hydrogens is 306 g/mol. The zero-order valence-corrected chi connectivity index (χ0v) is 16.1. The summed E-state index contributed by atoms with van der Waals surface area (Å²) in [5.74, 6) is -0.816. The van der Waals surface area contributed by atoms with Crippen LogP contribution in [0.2, 0.25) is 0 Å². The summed E-state index contributed by atoms with van der Waals surface area (Å²) in [6, 6.07) is -1.29.